The maximum Gasteiger partial charge on any atom is 0.184 e. The fourth-order valence-electron chi connectivity index (χ4n) is 1.77. The Bertz CT molecular complexity index is 532. The zero-order valence-electron chi connectivity index (χ0n) is 9.16. The van der Waals surface area contributed by atoms with Gasteiger partial charge in [0.05, 0.1) is 15.5 Å². The predicted molar refractivity (Wildman–Crippen MR) is 70.0 cm³/mol. The summed E-state index contributed by atoms with van der Waals surface area (Å²) in [5.74, 6) is 0. The minimum Gasteiger partial charge on any atom is -0.223 e. The van der Waals surface area contributed by atoms with Gasteiger partial charge in [-0.2, -0.15) is 0 Å². The number of allylic oxidation sites excluding steroid dienone is 3. The van der Waals surface area contributed by atoms with E-state index < -0.39 is 15.1 Å². The number of rotatable bonds is 2. The average molecular weight is 269 g/mol. The standard InChI is InChI=1S/C13H13ClO2S/c14-11-6-4-5-9-13(10-11)17(15,16)12-7-2-1-3-8-12/h1-9,11,13H,10H2. The maximum absolute atomic E-state index is 12.3. The lowest BCUT2D eigenvalue weighted by Crippen LogP contribution is -2.21. The highest BCUT2D eigenvalue weighted by molar-refractivity contribution is 7.92. The lowest BCUT2D eigenvalue weighted by Gasteiger charge is -2.14. The van der Waals surface area contributed by atoms with E-state index in [4.69, 9.17) is 11.6 Å². The van der Waals surface area contributed by atoms with E-state index in [0.717, 1.165) is 0 Å². The third kappa shape index (κ3) is 2.79. The summed E-state index contributed by atoms with van der Waals surface area (Å²) in [5, 5.41) is -0.795. The quantitative estimate of drug-likeness (QED) is 0.773. The molecule has 0 aromatic heterocycles. The van der Waals surface area contributed by atoms with Crippen LogP contribution in [0, 0.1) is 0 Å². The summed E-state index contributed by atoms with van der Waals surface area (Å²) in [4.78, 5) is 0.348. The molecule has 0 saturated carbocycles. The number of hydrogen-bond acceptors (Lipinski definition) is 2. The van der Waals surface area contributed by atoms with Crippen molar-refractivity contribution in [3.05, 3.63) is 54.6 Å². The molecule has 2 rings (SSSR count). The van der Waals surface area contributed by atoms with Crippen LogP contribution >= 0.6 is 11.6 Å². The van der Waals surface area contributed by atoms with Gasteiger partial charge in [0.2, 0.25) is 0 Å². The Hall–Kier alpha value is -1.06. The molecule has 1 aromatic carbocycles. The molecule has 2 unspecified atom stereocenters. The molecule has 0 saturated heterocycles. The van der Waals surface area contributed by atoms with Crippen LogP contribution in [-0.4, -0.2) is 19.0 Å². The van der Waals surface area contributed by atoms with Crippen molar-refractivity contribution in [2.75, 3.05) is 0 Å². The summed E-state index contributed by atoms with van der Waals surface area (Å²) in [7, 11) is -3.33. The zero-order valence-corrected chi connectivity index (χ0v) is 10.7. The number of benzene rings is 1. The summed E-state index contributed by atoms with van der Waals surface area (Å²) in [6, 6.07) is 8.48. The molecule has 1 aromatic rings. The molecule has 0 amide bonds. The average Bonchev–Trinajstić information content (AvgIpc) is 2.55. The third-order valence-electron chi connectivity index (χ3n) is 2.68. The molecule has 17 heavy (non-hydrogen) atoms. The molecule has 0 spiro atoms. The van der Waals surface area contributed by atoms with Crippen LogP contribution in [0.4, 0.5) is 0 Å². The molecule has 0 aliphatic heterocycles. The highest BCUT2D eigenvalue weighted by Gasteiger charge is 2.27. The van der Waals surface area contributed by atoms with Crippen LogP contribution in [0.3, 0.4) is 0 Å². The summed E-state index contributed by atoms with van der Waals surface area (Å²) in [6.07, 6.45) is 7.44. The first-order chi connectivity index (χ1) is 8.10. The van der Waals surface area contributed by atoms with Gasteiger partial charge in [0, 0.05) is 0 Å². The highest BCUT2D eigenvalue weighted by atomic mass is 35.5. The summed E-state index contributed by atoms with van der Waals surface area (Å²) in [6.45, 7) is 0. The van der Waals surface area contributed by atoms with Gasteiger partial charge in [-0.3, -0.25) is 0 Å². The van der Waals surface area contributed by atoms with Crippen LogP contribution in [-0.2, 0) is 9.84 Å². The van der Waals surface area contributed by atoms with Crippen LogP contribution in [0.1, 0.15) is 6.42 Å². The number of hydrogen-bond donors (Lipinski definition) is 0. The van der Waals surface area contributed by atoms with Gasteiger partial charge in [-0.15, -0.1) is 11.6 Å². The van der Waals surface area contributed by atoms with Gasteiger partial charge in [0.1, 0.15) is 0 Å². The van der Waals surface area contributed by atoms with Crippen molar-refractivity contribution in [2.24, 2.45) is 0 Å². The molecule has 90 valence electrons. The fraction of sp³-hybridized carbons (Fsp3) is 0.231. The molecule has 0 N–H and O–H groups in total. The molecule has 1 aliphatic rings. The van der Waals surface area contributed by atoms with Gasteiger partial charge in [0.15, 0.2) is 9.84 Å². The first-order valence-electron chi connectivity index (χ1n) is 5.39. The van der Waals surface area contributed by atoms with Crippen LogP contribution in [0.15, 0.2) is 59.5 Å². The van der Waals surface area contributed by atoms with E-state index in [1.165, 1.54) is 0 Å². The van der Waals surface area contributed by atoms with E-state index in [0.29, 0.717) is 11.3 Å². The van der Waals surface area contributed by atoms with Crippen LogP contribution in [0.25, 0.3) is 0 Å². The molecule has 0 fully saturated rings. The molecule has 0 heterocycles. The first kappa shape index (κ1) is 12.4. The lowest BCUT2D eigenvalue weighted by atomic mass is 10.2. The van der Waals surface area contributed by atoms with Crippen molar-refractivity contribution < 1.29 is 8.42 Å². The normalized spacial score (nSPS) is 24.5. The Labute approximate surface area is 107 Å². The van der Waals surface area contributed by atoms with E-state index >= 15 is 0 Å². The van der Waals surface area contributed by atoms with Crippen LogP contribution < -0.4 is 0 Å². The summed E-state index contributed by atoms with van der Waals surface area (Å²) < 4.78 is 24.7. The van der Waals surface area contributed by atoms with Gasteiger partial charge < -0.3 is 0 Å². The van der Waals surface area contributed by atoms with Crippen molar-refractivity contribution in [3.8, 4) is 0 Å². The third-order valence-corrected chi connectivity index (χ3v) is 5.08. The van der Waals surface area contributed by atoms with Crippen LogP contribution in [0.5, 0.6) is 0 Å². The van der Waals surface area contributed by atoms with Gasteiger partial charge in [0.25, 0.3) is 0 Å². The van der Waals surface area contributed by atoms with E-state index in [1.807, 2.05) is 0 Å². The Balaban J connectivity index is 2.34. The molecule has 4 heteroatoms. The monoisotopic (exact) mass is 268 g/mol. The Kier molecular flexibility index (Phi) is 3.69. The minimum absolute atomic E-state index is 0.242. The number of halogens is 1. The van der Waals surface area contributed by atoms with Gasteiger partial charge in [-0.1, -0.05) is 42.5 Å². The van der Waals surface area contributed by atoms with E-state index in [1.54, 1.807) is 54.6 Å². The number of alkyl halides is 1. The zero-order chi connectivity index (χ0) is 12.3. The van der Waals surface area contributed by atoms with Crippen molar-refractivity contribution in [2.45, 2.75) is 21.9 Å². The van der Waals surface area contributed by atoms with E-state index in [-0.39, 0.29) is 5.38 Å². The van der Waals surface area contributed by atoms with Gasteiger partial charge in [-0.05, 0) is 18.6 Å². The second-order valence-corrected chi connectivity index (χ2v) is 6.65. The Morgan fingerprint density at radius 1 is 1.06 bits per heavy atom. The molecule has 2 nitrogen and oxygen atoms in total. The lowest BCUT2D eigenvalue weighted by molar-refractivity contribution is 0.585. The maximum atomic E-state index is 12.3. The smallest absolute Gasteiger partial charge is 0.184 e. The number of sulfone groups is 1. The summed E-state index contributed by atoms with van der Waals surface area (Å²) >= 11 is 6.02. The molecule has 0 radical (unpaired) electrons. The molecule has 2 atom stereocenters. The molecule has 0 bridgehead atoms. The fourth-order valence-corrected chi connectivity index (χ4v) is 3.79. The highest BCUT2D eigenvalue weighted by Crippen LogP contribution is 2.24. The topological polar surface area (TPSA) is 34.1 Å². The van der Waals surface area contributed by atoms with Crippen molar-refractivity contribution in [3.63, 3.8) is 0 Å². The molecule has 1 aliphatic carbocycles. The van der Waals surface area contributed by atoms with Crippen molar-refractivity contribution in [1.29, 1.82) is 0 Å². The Morgan fingerprint density at radius 3 is 2.41 bits per heavy atom. The summed E-state index contributed by atoms with van der Waals surface area (Å²) in [5.41, 5.74) is 0. The van der Waals surface area contributed by atoms with Crippen molar-refractivity contribution in [1.82, 2.24) is 0 Å². The van der Waals surface area contributed by atoms with Gasteiger partial charge in [-0.25, -0.2) is 8.42 Å². The molecular formula is C13H13ClO2S. The second kappa shape index (κ2) is 5.07. The van der Waals surface area contributed by atoms with E-state index in [9.17, 15) is 8.42 Å². The largest absolute Gasteiger partial charge is 0.223 e. The minimum atomic E-state index is -3.33. The van der Waals surface area contributed by atoms with Crippen LogP contribution in [0.2, 0.25) is 0 Å². The van der Waals surface area contributed by atoms with Crippen molar-refractivity contribution >= 4 is 21.4 Å². The Morgan fingerprint density at radius 2 is 1.71 bits per heavy atom. The second-order valence-electron chi connectivity index (χ2n) is 3.92. The SMILES string of the molecule is O=S(=O)(c1ccccc1)C1C=CC=CC(Cl)C1. The van der Waals surface area contributed by atoms with E-state index in [2.05, 4.69) is 0 Å². The predicted octanol–water partition coefficient (Wildman–Crippen LogP) is 2.95. The first-order valence-corrected chi connectivity index (χ1v) is 7.37. The van der Waals surface area contributed by atoms with Gasteiger partial charge >= 0.3 is 0 Å². The molecular weight excluding hydrogens is 256 g/mol.